The topological polar surface area (TPSA) is 38.9 Å². The zero-order valence-electron chi connectivity index (χ0n) is 9.43. The second kappa shape index (κ2) is 5.75. The predicted molar refractivity (Wildman–Crippen MR) is 69.5 cm³/mol. The molecule has 0 aliphatic carbocycles. The molecule has 0 radical (unpaired) electrons. The van der Waals surface area contributed by atoms with Crippen LogP contribution in [0.2, 0.25) is 0 Å². The van der Waals surface area contributed by atoms with Crippen molar-refractivity contribution in [2.75, 3.05) is 0 Å². The minimum absolute atomic E-state index is 0. The number of pyridine rings is 1. The van der Waals surface area contributed by atoms with Crippen LogP contribution in [0, 0.1) is 5.82 Å². The molecule has 4 heteroatoms. The van der Waals surface area contributed by atoms with Crippen LogP contribution in [-0.4, -0.2) is 4.98 Å². The molecule has 0 saturated carbocycles. The number of hydrogen-bond acceptors (Lipinski definition) is 2. The van der Waals surface area contributed by atoms with Crippen molar-refractivity contribution in [3.63, 3.8) is 0 Å². The van der Waals surface area contributed by atoms with Crippen molar-refractivity contribution in [1.29, 1.82) is 0 Å². The average molecular weight is 253 g/mol. The molecule has 0 bridgehead atoms. The maximum Gasteiger partial charge on any atom is 0.123 e. The highest BCUT2D eigenvalue weighted by Gasteiger charge is 2.02. The van der Waals surface area contributed by atoms with Crippen LogP contribution in [0.25, 0.3) is 11.3 Å². The lowest BCUT2D eigenvalue weighted by molar-refractivity contribution is 0.628. The van der Waals surface area contributed by atoms with Crippen LogP contribution in [0.4, 0.5) is 4.39 Å². The van der Waals surface area contributed by atoms with Crippen molar-refractivity contribution in [2.45, 2.75) is 13.0 Å². The molecule has 0 amide bonds. The van der Waals surface area contributed by atoms with Gasteiger partial charge in [0.2, 0.25) is 0 Å². The zero-order chi connectivity index (χ0) is 11.5. The van der Waals surface area contributed by atoms with Gasteiger partial charge in [0.25, 0.3) is 0 Å². The molecule has 2 nitrogen and oxygen atoms in total. The average Bonchev–Trinajstić information content (AvgIpc) is 2.30. The highest BCUT2D eigenvalue weighted by atomic mass is 35.5. The van der Waals surface area contributed by atoms with Gasteiger partial charge in [-0.05, 0) is 42.8 Å². The summed E-state index contributed by atoms with van der Waals surface area (Å²) in [5.74, 6) is -0.240. The Balaban J connectivity index is 0.00000144. The van der Waals surface area contributed by atoms with E-state index in [1.54, 1.807) is 18.3 Å². The van der Waals surface area contributed by atoms with Gasteiger partial charge in [0.05, 0.1) is 5.69 Å². The number of aromatic nitrogens is 1. The van der Waals surface area contributed by atoms with E-state index in [0.717, 1.165) is 16.8 Å². The molecule has 1 aromatic heterocycles. The van der Waals surface area contributed by atoms with Gasteiger partial charge in [0.1, 0.15) is 5.82 Å². The quantitative estimate of drug-likeness (QED) is 0.890. The number of nitrogens with zero attached hydrogens (tertiary/aromatic N) is 1. The fourth-order valence-electron chi connectivity index (χ4n) is 1.47. The first-order chi connectivity index (χ1) is 7.66. The third-order valence-corrected chi connectivity index (χ3v) is 2.45. The Morgan fingerprint density at radius 1 is 1.12 bits per heavy atom. The molecular formula is C13H14ClFN2. The van der Waals surface area contributed by atoms with Crippen LogP contribution < -0.4 is 5.73 Å². The lowest BCUT2D eigenvalue weighted by Crippen LogP contribution is -2.05. The highest BCUT2D eigenvalue weighted by molar-refractivity contribution is 5.85. The van der Waals surface area contributed by atoms with E-state index < -0.39 is 0 Å². The number of hydrogen-bond donors (Lipinski definition) is 1. The van der Waals surface area contributed by atoms with E-state index in [-0.39, 0.29) is 24.3 Å². The van der Waals surface area contributed by atoms with E-state index >= 15 is 0 Å². The molecule has 90 valence electrons. The van der Waals surface area contributed by atoms with E-state index in [1.165, 1.54) is 12.1 Å². The lowest BCUT2D eigenvalue weighted by Gasteiger charge is -2.06. The lowest BCUT2D eigenvalue weighted by atomic mass is 10.1. The largest absolute Gasteiger partial charge is 0.324 e. The minimum atomic E-state index is -0.240. The summed E-state index contributed by atoms with van der Waals surface area (Å²) in [6.07, 6.45) is 1.75. The van der Waals surface area contributed by atoms with Crippen molar-refractivity contribution in [2.24, 2.45) is 5.73 Å². The van der Waals surface area contributed by atoms with Gasteiger partial charge in [-0.1, -0.05) is 6.07 Å². The maximum atomic E-state index is 12.7. The molecule has 0 spiro atoms. The number of rotatable bonds is 2. The molecule has 1 aromatic carbocycles. The Labute approximate surface area is 106 Å². The molecule has 2 rings (SSSR count). The Hall–Kier alpha value is -1.45. The van der Waals surface area contributed by atoms with E-state index in [0.29, 0.717) is 0 Å². The van der Waals surface area contributed by atoms with Crippen molar-refractivity contribution >= 4 is 12.4 Å². The third-order valence-electron chi connectivity index (χ3n) is 2.45. The standard InChI is InChI=1S/C13H13FN2.ClH/c1-9(15)11-4-7-13(16-8-11)10-2-5-12(14)6-3-10;/h2-9H,15H2,1H3;1H/t9-;/m0./s1. The van der Waals surface area contributed by atoms with Gasteiger partial charge in [-0.2, -0.15) is 0 Å². The Morgan fingerprint density at radius 3 is 2.24 bits per heavy atom. The molecule has 0 aliphatic heterocycles. The Kier molecular flexibility index (Phi) is 4.61. The van der Waals surface area contributed by atoms with Crippen molar-refractivity contribution in [3.05, 3.63) is 54.0 Å². The van der Waals surface area contributed by atoms with Crippen molar-refractivity contribution in [1.82, 2.24) is 4.98 Å². The van der Waals surface area contributed by atoms with E-state index in [2.05, 4.69) is 4.98 Å². The number of benzene rings is 1. The first kappa shape index (κ1) is 13.6. The Bertz CT molecular complexity index is 466. The van der Waals surface area contributed by atoms with Crippen LogP contribution in [0.3, 0.4) is 0 Å². The van der Waals surface area contributed by atoms with Gasteiger partial charge in [-0.15, -0.1) is 12.4 Å². The fraction of sp³-hybridized carbons (Fsp3) is 0.154. The monoisotopic (exact) mass is 252 g/mol. The van der Waals surface area contributed by atoms with Crippen molar-refractivity contribution < 1.29 is 4.39 Å². The summed E-state index contributed by atoms with van der Waals surface area (Å²) in [6.45, 7) is 1.91. The predicted octanol–water partition coefficient (Wildman–Crippen LogP) is 3.33. The summed E-state index contributed by atoms with van der Waals surface area (Å²) in [5.41, 5.74) is 8.45. The van der Waals surface area contributed by atoms with Gasteiger partial charge in [-0.25, -0.2) is 4.39 Å². The van der Waals surface area contributed by atoms with E-state index in [4.69, 9.17) is 5.73 Å². The first-order valence-corrected chi connectivity index (χ1v) is 5.14. The minimum Gasteiger partial charge on any atom is -0.324 e. The summed E-state index contributed by atoms with van der Waals surface area (Å²) in [6, 6.07) is 10.1. The molecule has 17 heavy (non-hydrogen) atoms. The molecule has 2 aromatic rings. The van der Waals surface area contributed by atoms with Crippen LogP contribution in [0.15, 0.2) is 42.6 Å². The smallest absolute Gasteiger partial charge is 0.123 e. The van der Waals surface area contributed by atoms with Gasteiger partial charge < -0.3 is 5.73 Å². The fourth-order valence-corrected chi connectivity index (χ4v) is 1.47. The molecule has 0 saturated heterocycles. The van der Waals surface area contributed by atoms with Gasteiger partial charge >= 0.3 is 0 Å². The molecule has 0 aliphatic rings. The molecule has 1 heterocycles. The normalized spacial score (nSPS) is 11.7. The zero-order valence-corrected chi connectivity index (χ0v) is 10.2. The van der Waals surface area contributed by atoms with Gasteiger partial charge in [0, 0.05) is 17.8 Å². The molecule has 2 N–H and O–H groups in total. The summed E-state index contributed by atoms with van der Waals surface area (Å²) in [5, 5.41) is 0. The second-order valence-electron chi connectivity index (χ2n) is 3.77. The Morgan fingerprint density at radius 2 is 1.76 bits per heavy atom. The van der Waals surface area contributed by atoms with Crippen LogP contribution in [0.5, 0.6) is 0 Å². The second-order valence-corrected chi connectivity index (χ2v) is 3.77. The van der Waals surface area contributed by atoms with E-state index in [9.17, 15) is 4.39 Å². The SMILES string of the molecule is C[C@H](N)c1ccc(-c2ccc(F)cc2)nc1.Cl. The first-order valence-electron chi connectivity index (χ1n) is 5.14. The van der Waals surface area contributed by atoms with Gasteiger partial charge in [-0.3, -0.25) is 4.98 Å². The molecule has 0 fully saturated rings. The van der Waals surface area contributed by atoms with Crippen LogP contribution in [0.1, 0.15) is 18.5 Å². The van der Waals surface area contributed by atoms with Crippen LogP contribution in [-0.2, 0) is 0 Å². The number of nitrogens with two attached hydrogens (primary N) is 1. The summed E-state index contributed by atoms with van der Waals surface area (Å²) in [4.78, 5) is 4.30. The summed E-state index contributed by atoms with van der Waals surface area (Å²) >= 11 is 0. The van der Waals surface area contributed by atoms with Crippen LogP contribution >= 0.6 is 12.4 Å². The highest BCUT2D eigenvalue weighted by Crippen LogP contribution is 2.18. The van der Waals surface area contributed by atoms with E-state index in [1.807, 2.05) is 19.1 Å². The summed E-state index contributed by atoms with van der Waals surface area (Å²) in [7, 11) is 0. The molecule has 1 atom stereocenters. The van der Waals surface area contributed by atoms with Gasteiger partial charge in [0.15, 0.2) is 0 Å². The molecule has 0 unspecified atom stereocenters. The third kappa shape index (κ3) is 3.25. The van der Waals surface area contributed by atoms with Crippen molar-refractivity contribution in [3.8, 4) is 11.3 Å². The number of halogens is 2. The molecular weight excluding hydrogens is 239 g/mol. The maximum absolute atomic E-state index is 12.7. The summed E-state index contributed by atoms with van der Waals surface area (Å²) < 4.78 is 12.7.